The zero-order valence-corrected chi connectivity index (χ0v) is 8.28. The number of nitrogens with zero attached hydrogens (tertiary/aromatic N) is 1. The molecule has 0 aliphatic rings. The predicted octanol–water partition coefficient (Wildman–Crippen LogP) is 2.15. The zero-order valence-electron chi connectivity index (χ0n) is 6.77. The molecule has 1 aromatic rings. The second-order valence-corrected chi connectivity index (χ2v) is 3.25. The highest BCUT2D eigenvalue weighted by molar-refractivity contribution is 6.32. The SMILES string of the molecule is CNCCc1cc(Cl)ncc1Cl. The van der Waals surface area contributed by atoms with Crippen molar-refractivity contribution in [3.63, 3.8) is 0 Å². The summed E-state index contributed by atoms with van der Waals surface area (Å²) in [6.07, 6.45) is 2.45. The standard InChI is InChI=1S/C8H10Cl2N2/c1-11-3-2-6-4-8(10)12-5-7(6)9/h4-5,11H,2-3H2,1H3. The molecule has 1 aromatic heterocycles. The minimum atomic E-state index is 0.491. The first kappa shape index (κ1) is 9.78. The van der Waals surface area contributed by atoms with E-state index in [4.69, 9.17) is 23.2 Å². The van der Waals surface area contributed by atoms with Crippen LogP contribution in [0.4, 0.5) is 0 Å². The van der Waals surface area contributed by atoms with Crippen molar-refractivity contribution < 1.29 is 0 Å². The van der Waals surface area contributed by atoms with Crippen LogP contribution in [-0.4, -0.2) is 18.6 Å². The summed E-state index contributed by atoms with van der Waals surface area (Å²) in [6, 6.07) is 1.79. The largest absolute Gasteiger partial charge is 0.319 e. The van der Waals surface area contributed by atoms with Crippen LogP contribution in [0.3, 0.4) is 0 Å². The summed E-state index contributed by atoms with van der Waals surface area (Å²) in [7, 11) is 1.90. The van der Waals surface area contributed by atoms with Crippen LogP contribution in [0.25, 0.3) is 0 Å². The summed E-state index contributed by atoms with van der Waals surface area (Å²) in [5, 5.41) is 4.21. The maximum Gasteiger partial charge on any atom is 0.129 e. The van der Waals surface area contributed by atoms with Crippen molar-refractivity contribution >= 4 is 23.2 Å². The fourth-order valence-electron chi connectivity index (χ4n) is 0.902. The summed E-state index contributed by atoms with van der Waals surface area (Å²) in [6.45, 7) is 0.889. The fraction of sp³-hybridized carbons (Fsp3) is 0.375. The topological polar surface area (TPSA) is 24.9 Å². The molecule has 0 bridgehead atoms. The Balaban J connectivity index is 2.75. The average Bonchev–Trinajstić information content (AvgIpc) is 2.07. The summed E-state index contributed by atoms with van der Waals surface area (Å²) < 4.78 is 0. The van der Waals surface area contributed by atoms with Crippen molar-refractivity contribution in [2.75, 3.05) is 13.6 Å². The highest BCUT2D eigenvalue weighted by Gasteiger charge is 2.00. The molecule has 0 aromatic carbocycles. The molecule has 1 heterocycles. The third kappa shape index (κ3) is 2.63. The van der Waals surface area contributed by atoms with Crippen molar-refractivity contribution in [2.24, 2.45) is 0 Å². The van der Waals surface area contributed by atoms with Crippen molar-refractivity contribution in [3.05, 3.63) is 28.0 Å². The number of likely N-dealkylation sites (N-methyl/N-ethyl adjacent to an activating group) is 1. The second kappa shape index (κ2) is 4.65. The molecule has 12 heavy (non-hydrogen) atoms. The molecule has 4 heteroatoms. The molecule has 0 saturated carbocycles. The third-order valence-corrected chi connectivity index (χ3v) is 2.09. The first-order chi connectivity index (χ1) is 5.74. The Labute approximate surface area is 81.9 Å². The van der Waals surface area contributed by atoms with Crippen LogP contribution in [0.1, 0.15) is 5.56 Å². The van der Waals surface area contributed by atoms with E-state index >= 15 is 0 Å². The van der Waals surface area contributed by atoms with Gasteiger partial charge in [-0.05, 0) is 31.6 Å². The van der Waals surface area contributed by atoms with Gasteiger partial charge in [0, 0.05) is 6.20 Å². The van der Waals surface area contributed by atoms with Gasteiger partial charge in [-0.1, -0.05) is 23.2 Å². The van der Waals surface area contributed by atoms with Crippen LogP contribution in [-0.2, 0) is 6.42 Å². The van der Waals surface area contributed by atoms with E-state index in [0.29, 0.717) is 10.2 Å². The van der Waals surface area contributed by atoms with Crippen molar-refractivity contribution in [1.29, 1.82) is 0 Å². The van der Waals surface area contributed by atoms with Gasteiger partial charge >= 0.3 is 0 Å². The normalized spacial score (nSPS) is 10.2. The van der Waals surface area contributed by atoms with Gasteiger partial charge in [0.25, 0.3) is 0 Å². The maximum absolute atomic E-state index is 5.88. The van der Waals surface area contributed by atoms with E-state index in [1.807, 2.05) is 7.05 Å². The van der Waals surface area contributed by atoms with Gasteiger partial charge < -0.3 is 5.32 Å². The lowest BCUT2D eigenvalue weighted by Crippen LogP contribution is -2.10. The second-order valence-electron chi connectivity index (χ2n) is 2.45. The lowest BCUT2D eigenvalue weighted by Gasteiger charge is -2.02. The fourth-order valence-corrected chi connectivity index (χ4v) is 1.28. The van der Waals surface area contributed by atoms with Gasteiger partial charge in [0.2, 0.25) is 0 Å². The Morgan fingerprint density at radius 2 is 2.25 bits per heavy atom. The van der Waals surface area contributed by atoms with Crippen LogP contribution in [0.15, 0.2) is 12.3 Å². The van der Waals surface area contributed by atoms with Gasteiger partial charge in [-0.3, -0.25) is 0 Å². The van der Waals surface area contributed by atoms with Crippen LogP contribution < -0.4 is 5.32 Å². The number of pyridine rings is 1. The molecule has 0 aliphatic heterocycles. The Hall–Kier alpha value is -0.310. The first-order valence-electron chi connectivity index (χ1n) is 3.68. The Bertz CT molecular complexity index is 263. The molecule has 0 unspecified atom stereocenters. The Kier molecular flexibility index (Phi) is 3.79. The van der Waals surface area contributed by atoms with Crippen molar-refractivity contribution in [3.8, 4) is 0 Å². The molecular weight excluding hydrogens is 195 g/mol. The van der Waals surface area contributed by atoms with Crippen LogP contribution in [0.5, 0.6) is 0 Å². The van der Waals surface area contributed by atoms with E-state index in [-0.39, 0.29) is 0 Å². The molecule has 66 valence electrons. The summed E-state index contributed by atoms with van der Waals surface area (Å²) in [5.41, 5.74) is 1.03. The minimum Gasteiger partial charge on any atom is -0.319 e. The maximum atomic E-state index is 5.88. The van der Waals surface area contributed by atoms with Gasteiger partial charge in [-0.25, -0.2) is 4.98 Å². The molecule has 2 nitrogen and oxygen atoms in total. The lowest BCUT2D eigenvalue weighted by atomic mass is 10.2. The van der Waals surface area contributed by atoms with Crippen molar-refractivity contribution in [1.82, 2.24) is 10.3 Å². The van der Waals surface area contributed by atoms with Gasteiger partial charge in [0.1, 0.15) is 5.15 Å². The van der Waals surface area contributed by atoms with E-state index in [0.717, 1.165) is 18.5 Å². The molecule has 0 saturated heterocycles. The number of aromatic nitrogens is 1. The number of hydrogen-bond donors (Lipinski definition) is 1. The number of rotatable bonds is 3. The smallest absolute Gasteiger partial charge is 0.129 e. The first-order valence-corrected chi connectivity index (χ1v) is 4.44. The van der Waals surface area contributed by atoms with Crippen molar-refractivity contribution in [2.45, 2.75) is 6.42 Å². The molecule has 0 amide bonds. The van der Waals surface area contributed by atoms with Gasteiger partial charge in [-0.2, -0.15) is 0 Å². The minimum absolute atomic E-state index is 0.491. The highest BCUT2D eigenvalue weighted by atomic mass is 35.5. The monoisotopic (exact) mass is 204 g/mol. The van der Waals surface area contributed by atoms with Gasteiger partial charge in [0.15, 0.2) is 0 Å². The number of halogens is 2. The van der Waals surface area contributed by atoms with Gasteiger partial charge in [0.05, 0.1) is 5.02 Å². The molecule has 0 aliphatic carbocycles. The molecular formula is C8H10Cl2N2. The Morgan fingerprint density at radius 1 is 1.50 bits per heavy atom. The van der Waals surface area contributed by atoms with E-state index in [9.17, 15) is 0 Å². The quantitative estimate of drug-likeness (QED) is 0.764. The average molecular weight is 205 g/mol. The van der Waals surface area contributed by atoms with E-state index < -0.39 is 0 Å². The molecule has 0 radical (unpaired) electrons. The lowest BCUT2D eigenvalue weighted by molar-refractivity contribution is 0.791. The molecule has 1 rings (SSSR count). The summed E-state index contributed by atoms with van der Waals surface area (Å²) >= 11 is 11.6. The summed E-state index contributed by atoms with van der Waals surface area (Å²) in [5.74, 6) is 0. The highest BCUT2D eigenvalue weighted by Crippen LogP contribution is 2.17. The van der Waals surface area contributed by atoms with Crippen LogP contribution in [0.2, 0.25) is 10.2 Å². The molecule has 1 N–H and O–H groups in total. The third-order valence-electron chi connectivity index (χ3n) is 1.55. The molecule has 0 atom stereocenters. The van der Waals surface area contributed by atoms with E-state index in [2.05, 4.69) is 10.3 Å². The van der Waals surface area contributed by atoms with Crippen LogP contribution in [0, 0.1) is 0 Å². The number of hydrogen-bond acceptors (Lipinski definition) is 2. The predicted molar refractivity (Wildman–Crippen MR) is 51.9 cm³/mol. The van der Waals surface area contributed by atoms with E-state index in [1.165, 1.54) is 0 Å². The zero-order chi connectivity index (χ0) is 8.97. The number of nitrogens with one attached hydrogen (secondary N) is 1. The Morgan fingerprint density at radius 3 is 2.92 bits per heavy atom. The van der Waals surface area contributed by atoms with E-state index in [1.54, 1.807) is 12.3 Å². The van der Waals surface area contributed by atoms with Crippen LogP contribution >= 0.6 is 23.2 Å². The molecule has 0 fully saturated rings. The molecule has 0 spiro atoms. The summed E-state index contributed by atoms with van der Waals surface area (Å²) in [4.78, 5) is 3.86. The van der Waals surface area contributed by atoms with Gasteiger partial charge in [-0.15, -0.1) is 0 Å².